The SMILES string of the molecule is CCCNC(C)(COc1ccccc1CC)C(N)=O. The Morgan fingerprint density at radius 2 is 2.05 bits per heavy atom. The minimum atomic E-state index is -0.836. The second-order valence-electron chi connectivity index (χ2n) is 4.87. The average molecular weight is 264 g/mol. The van der Waals surface area contributed by atoms with Gasteiger partial charge in [-0.25, -0.2) is 0 Å². The van der Waals surface area contributed by atoms with Crippen molar-refractivity contribution in [3.05, 3.63) is 29.8 Å². The van der Waals surface area contributed by atoms with Crippen LogP contribution >= 0.6 is 0 Å². The summed E-state index contributed by atoms with van der Waals surface area (Å²) in [5.41, 5.74) is 5.76. The molecule has 1 unspecified atom stereocenters. The molecule has 1 atom stereocenters. The summed E-state index contributed by atoms with van der Waals surface area (Å²) in [6, 6.07) is 7.85. The van der Waals surface area contributed by atoms with Gasteiger partial charge in [0.05, 0.1) is 0 Å². The van der Waals surface area contributed by atoms with E-state index in [0.717, 1.165) is 30.7 Å². The monoisotopic (exact) mass is 264 g/mol. The standard InChI is InChI=1S/C15H24N2O2/c1-4-10-17-15(3,14(16)18)11-19-13-9-7-6-8-12(13)5-2/h6-9,17H,4-5,10-11H2,1-3H3,(H2,16,18). The molecule has 3 N–H and O–H groups in total. The summed E-state index contributed by atoms with van der Waals surface area (Å²) in [6.07, 6.45) is 1.83. The molecule has 0 fully saturated rings. The molecule has 0 heterocycles. The Kier molecular flexibility index (Phi) is 5.83. The summed E-state index contributed by atoms with van der Waals surface area (Å²) < 4.78 is 5.79. The molecule has 4 heteroatoms. The summed E-state index contributed by atoms with van der Waals surface area (Å²) >= 11 is 0. The number of hydrogen-bond acceptors (Lipinski definition) is 3. The third-order valence-electron chi connectivity index (χ3n) is 3.18. The average Bonchev–Trinajstić information content (AvgIpc) is 2.43. The van der Waals surface area contributed by atoms with Crippen molar-refractivity contribution in [2.24, 2.45) is 5.73 Å². The lowest BCUT2D eigenvalue weighted by Gasteiger charge is -2.27. The topological polar surface area (TPSA) is 64.3 Å². The van der Waals surface area contributed by atoms with Gasteiger partial charge in [-0.3, -0.25) is 4.79 Å². The van der Waals surface area contributed by atoms with Crippen molar-refractivity contribution in [1.82, 2.24) is 5.32 Å². The Hall–Kier alpha value is -1.55. The Morgan fingerprint density at radius 3 is 2.63 bits per heavy atom. The molecule has 1 aromatic carbocycles. The van der Waals surface area contributed by atoms with Crippen LogP contribution in [0, 0.1) is 0 Å². The lowest BCUT2D eigenvalue weighted by atomic mass is 10.0. The Bertz CT molecular complexity index is 420. The number of carbonyl (C=O) groups excluding carboxylic acids is 1. The number of nitrogens with one attached hydrogen (secondary N) is 1. The zero-order chi connectivity index (χ0) is 14.3. The van der Waals surface area contributed by atoms with Crippen LogP contribution in [0.5, 0.6) is 5.75 Å². The molecular formula is C15H24N2O2. The number of ether oxygens (including phenoxy) is 1. The van der Waals surface area contributed by atoms with E-state index in [-0.39, 0.29) is 6.61 Å². The fourth-order valence-corrected chi connectivity index (χ4v) is 1.77. The first-order chi connectivity index (χ1) is 9.03. The summed E-state index contributed by atoms with van der Waals surface area (Å²) in [6.45, 7) is 6.86. The van der Waals surface area contributed by atoms with E-state index < -0.39 is 11.4 Å². The molecule has 0 saturated carbocycles. The minimum absolute atomic E-state index is 0.235. The zero-order valence-corrected chi connectivity index (χ0v) is 12.0. The molecular weight excluding hydrogens is 240 g/mol. The van der Waals surface area contributed by atoms with E-state index in [1.54, 1.807) is 6.92 Å². The molecule has 0 aliphatic rings. The van der Waals surface area contributed by atoms with Crippen LogP contribution in [0.25, 0.3) is 0 Å². The van der Waals surface area contributed by atoms with Crippen molar-refractivity contribution >= 4 is 5.91 Å². The van der Waals surface area contributed by atoms with Crippen LogP contribution in [-0.2, 0) is 11.2 Å². The Balaban J connectivity index is 2.73. The van der Waals surface area contributed by atoms with E-state index in [1.165, 1.54) is 0 Å². The van der Waals surface area contributed by atoms with Crippen LogP contribution < -0.4 is 15.8 Å². The van der Waals surface area contributed by atoms with Gasteiger partial charge in [-0.05, 0) is 37.9 Å². The highest BCUT2D eigenvalue weighted by atomic mass is 16.5. The number of primary amides is 1. The van der Waals surface area contributed by atoms with Crippen molar-refractivity contribution < 1.29 is 9.53 Å². The molecule has 1 rings (SSSR count). The largest absolute Gasteiger partial charge is 0.491 e. The highest BCUT2D eigenvalue weighted by molar-refractivity contribution is 5.84. The quantitative estimate of drug-likeness (QED) is 0.753. The lowest BCUT2D eigenvalue weighted by molar-refractivity contribution is -0.125. The fourth-order valence-electron chi connectivity index (χ4n) is 1.77. The molecule has 0 spiro atoms. The Labute approximate surface area is 115 Å². The van der Waals surface area contributed by atoms with Gasteiger partial charge in [0.15, 0.2) is 0 Å². The van der Waals surface area contributed by atoms with Crippen LogP contribution in [0.3, 0.4) is 0 Å². The van der Waals surface area contributed by atoms with Gasteiger partial charge in [-0.15, -0.1) is 0 Å². The van der Waals surface area contributed by atoms with Gasteiger partial charge in [-0.1, -0.05) is 32.0 Å². The number of para-hydroxylation sites is 1. The van der Waals surface area contributed by atoms with Crippen LogP contribution in [0.4, 0.5) is 0 Å². The van der Waals surface area contributed by atoms with Gasteiger partial charge in [0.2, 0.25) is 5.91 Å². The molecule has 0 saturated heterocycles. The molecule has 106 valence electrons. The van der Waals surface area contributed by atoms with Crippen LogP contribution in [0.2, 0.25) is 0 Å². The maximum Gasteiger partial charge on any atom is 0.240 e. The molecule has 0 bridgehead atoms. The van der Waals surface area contributed by atoms with Crippen molar-refractivity contribution in [1.29, 1.82) is 0 Å². The first-order valence-electron chi connectivity index (χ1n) is 6.79. The van der Waals surface area contributed by atoms with Gasteiger partial charge in [-0.2, -0.15) is 0 Å². The molecule has 4 nitrogen and oxygen atoms in total. The first kappa shape index (κ1) is 15.5. The predicted molar refractivity (Wildman–Crippen MR) is 77.2 cm³/mol. The third-order valence-corrected chi connectivity index (χ3v) is 3.18. The molecule has 19 heavy (non-hydrogen) atoms. The van der Waals surface area contributed by atoms with Crippen LogP contribution in [0.15, 0.2) is 24.3 Å². The van der Waals surface area contributed by atoms with E-state index in [4.69, 9.17) is 10.5 Å². The highest BCUT2D eigenvalue weighted by Gasteiger charge is 2.31. The zero-order valence-electron chi connectivity index (χ0n) is 12.0. The van der Waals surface area contributed by atoms with E-state index >= 15 is 0 Å². The third kappa shape index (κ3) is 4.24. The second kappa shape index (κ2) is 7.14. The Morgan fingerprint density at radius 1 is 1.37 bits per heavy atom. The van der Waals surface area contributed by atoms with E-state index in [0.29, 0.717) is 0 Å². The van der Waals surface area contributed by atoms with Crippen LogP contribution in [-0.4, -0.2) is 24.6 Å². The van der Waals surface area contributed by atoms with E-state index in [9.17, 15) is 4.79 Å². The minimum Gasteiger partial charge on any atom is -0.491 e. The second-order valence-corrected chi connectivity index (χ2v) is 4.87. The molecule has 1 amide bonds. The molecule has 0 aliphatic carbocycles. The fraction of sp³-hybridized carbons (Fsp3) is 0.533. The van der Waals surface area contributed by atoms with Gasteiger partial charge < -0.3 is 15.8 Å². The normalized spacial score (nSPS) is 13.8. The van der Waals surface area contributed by atoms with E-state index in [1.807, 2.05) is 31.2 Å². The van der Waals surface area contributed by atoms with Crippen molar-refractivity contribution in [2.75, 3.05) is 13.2 Å². The lowest BCUT2D eigenvalue weighted by Crippen LogP contribution is -2.57. The van der Waals surface area contributed by atoms with Gasteiger partial charge >= 0.3 is 0 Å². The predicted octanol–water partition coefficient (Wildman–Crippen LogP) is 1.87. The number of nitrogens with two attached hydrogens (primary N) is 1. The maximum atomic E-state index is 11.6. The maximum absolute atomic E-state index is 11.6. The number of rotatable bonds is 8. The van der Waals surface area contributed by atoms with Crippen molar-refractivity contribution in [2.45, 2.75) is 39.2 Å². The molecule has 1 aromatic rings. The van der Waals surface area contributed by atoms with Crippen molar-refractivity contribution in [3.63, 3.8) is 0 Å². The van der Waals surface area contributed by atoms with Crippen molar-refractivity contribution in [3.8, 4) is 5.75 Å². The molecule has 0 aliphatic heterocycles. The van der Waals surface area contributed by atoms with Crippen LogP contribution in [0.1, 0.15) is 32.8 Å². The van der Waals surface area contributed by atoms with Gasteiger partial charge in [0, 0.05) is 0 Å². The number of benzene rings is 1. The summed E-state index contributed by atoms with van der Waals surface area (Å²) in [5.74, 6) is 0.422. The summed E-state index contributed by atoms with van der Waals surface area (Å²) in [5, 5.41) is 3.15. The molecule has 0 aromatic heterocycles. The highest BCUT2D eigenvalue weighted by Crippen LogP contribution is 2.19. The number of aryl methyl sites for hydroxylation is 1. The smallest absolute Gasteiger partial charge is 0.240 e. The number of carbonyl (C=O) groups is 1. The molecule has 0 radical (unpaired) electrons. The summed E-state index contributed by atoms with van der Waals surface area (Å²) in [4.78, 5) is 11.6. The first-order valence-corrected chi connectivity index (χ1v) is 6.79. The number of amides is 1. The van der Waals surface area contributed by atoms with Gasteiger partial charge in [0.1, 0.15) is 17.9 Å². The number of hydrogen-bond donors (Lipinski definition) is 2. The van der Waals surface area contributed by atoms with Gasteiger partial charge in [0.25, 0.3) is 0 Å². The van der Waals surface area contributed by atoms with E-state index in [2.05, 4.69) is 12.2 Å². The summed E-state index contributed by atoms with van der Waals surface area (Å²) in [7, 11) is 0.